The van der Waals surface area contributed by atoms with Crippen molar-refractivity contribution >= 4 is 54.8 Å². The number of hydrogen-bond acceptors (Lipinski definition) is 3. The highest BCUT2D eigenvalue weighted by molar-refractivity contribution is 6.14. The van der Waals surface area contributed by atoms with Gasteiger partial charge in [-0.05, 0) is 91.7 Å². The zero-order chi connectivity index (χ0) is 35.8. The number of hydrogen-bond donors (Lipinski definition) is 0. The van der Waals surface area contributed by atoms with Gasteiger partial charge in [-0.25, -0.2) is 4.98 Å². The normalized spacial score (nSPS) is 13.6. The van der Waals surface area contributed by atoms with Crippen molar-refractivity contribution in [1.82, 2.24) is 14.5 Å². The molecule has 2 aliphatic rings. The molecule has 13 rings (SSSR count). The van der Waals surface area contributed by atoms with Gasteiger partial charge in [-0.3, -0.25) is 4.57 Å². The van der Waals surface area contributed by atoms with Crippen LogP contribution in [0.25, 0.3) is 94.1 Å². The standard InChI is InChI=1S/C51H29N3O/c1-2-14-31-29-45-39(27-30(31)13-1)36-18-6-11-23-44(36)54(45)49-47(52-48-37-19-7-12-24-46(37)55-50(48)53-49)32-25-26-43-38(28-32)35-17-5-10-22-42(35)51(43)40-20-8-3-15-33(40)34-16-4-9-21-41(34)51/h1-29H. The van der Waals surface area contributed by atoms with Crippen LogP contribution in [0.5, 0.6) is 0 Å². The van der Waals surface area contributed by atoms with Gasteiger partial charge < -0.3 is 4.42 Å². The molecule has 3 aromatic heterocycles. The van der Waals surface area contributed by atoms with Gasteiger partial charge in [-0.2, -0.15) is 4.98 Å². The molecule has 0 amide bonds. The fraction of sp³-hybridized carbons (Fsp3) is 0.0196. The van der Waals surface area contributed by atoms with Crippen molar-refractivity contribution in [1.29, 1.82) is 0 Å². The average Bonchev–Trinajstić information content (AvgIpc) is 3.95. The molecule has 0 atom stereocenters. The van der Waals surface area contributed by atoms with Crippen LogP contribution in [0.1, 0.15) is 22.3 Å². The maximum atomic E-state index is 6.44. The summed E-state index contributed by atoms with van der Waals surface area (Å²) in [7, 11) is 0. The van der Waals surface area contributed by atoms with Gasteiger partial charge in [0.1, 0.15) is 16.8 Å². The number of furan rings is 1. The Morgan fingerprint density at radius 2 is 1.02 bits per heavy atom. The Hall–Kier alpha value is -7.30. The van der Waals surface area contributed by atoms with E-state index in [1.54, 1.807) is 0 Å². The molecule has 0 N–H and O–H groups in total. The monoisotopic (exact) mass is 699 g/mol. The van der Waals surface area contributed by atoms with Crippen LogP contribution in [-0.4, -0.2) is 14.5 Å². The van der Waals surface area contributed by atoms with E-state index in [9.17, 15) is 0 Å². The Morgan fingerprint density at radius 1 is 0.436 bits per heavy atom. The molecule has 0 saturated carbocycles. The van der Waals surface area contributed by atoms with Crippen molar-refractivity contribution < 1.29 is 4.42 Å². The Kier molecular flexibility index (Phi) is 5.54. The highest BCUT2D eigenvalue weighted by atomic mass is 16.3. The third-order valence-corrected chi connectivity index (χ3v) is 12.2. The molecule has 3 heterocycles. The second-order valence-corrected chi connectivity index (χ2v) is 14.9. The first-order valence-corrected chi connectivity index (χ1v) is 18.8. The van der Waals surface area contributed by atoms with E-state index in [0.717, 1.165) is 44.6 Å². The maximum absolute atomic E-state index is 6.44. The summed E-state index contributed by atoms with van der Waals surface area (Å²) in [6.07, 6.45) is 0. The van der Waals surface area contributed by atoms with E-state index in [2.05, 4.69) is 162 Å². The zero-order valence-corrected chi connectivity index (χ0v) is 29.5. The van der Waals surface area contributed by atoms with Gasteiger partial charge in [0.2, 0.25) is 5.71 Å². The van der Waals surface area contributed by atoms with Gasteiger partial charge in [-0.1, -0.05) is 140 Å². The summed E-state index contributed by atoms with van der Waals surface area (Å²) < 4.78 is 8.73. The Balaban J connectivity index is 1.14. The second kappa shape index (κ2) is 10.4. The minimum absolute atomic E-state index is 0.412. The molecule has 0 fully saturated rings. The molecule has 4 nitrogen and oxygen atoms in total. The summed E-state index contributed by atoms with van der Waals surface area (Å²) in [5.74, 6) is 0.741. The van der Waals surface area contributed by atoms with Crippen molar-refractivity contribution in [3.63, 3.8) is 0 Å². The maximum Gasteiger partial charge on any atom is 0.248 e. The summed E-state index contributed by atoms with van der Waals surface area (Å²) in [4.78, 5) is 10.9. The smallest absolute Gasteiger partial charge is 0.248 e. The largest absolute Gasteiger partial charge is 0.436 e. The fourth-order valence-electron chi connectivity index (χ4n) is 9.99. The van der Waals surface area contributed by atoms with Crippen molar-refractivity contribution in [2.75, 3.05) is 0 Å². The van der Waals surface area contributed by atoms with Crippen molar-refractivity contribution in [3.8, 4) is 39.3 Å². The highest BCUT2D eigenvalue weighted by Crippen LogP contribution is 2.63. The minimum atomic E-state index is -0.412. The van der Waals surface area contributed by atoms with E-state index >= 15 is 0 Å². The molecule has 254 valence electrons. The molecule has 0 aliphatic heterocycles. The third kappa shape index (κ3) is 3.66. The second-order valence-electron chi connectivity index (χ2n) is 14.9. The van der Waals surface area contributed by atoms with Crippen LogP contribution in [0.3, 0.4) is 0 Å². The summed E-state index contributed by atoms with van der Waals surface area (Å²) in [5, 5.41) is 5.68. The van der Waals surface area contributed by atoms with Crippen molar-refractivity contribution in [2.24, 2.45) is 0 Å². The van der Waals surface area contributed by atoms with E-state index in [1.165, 1.54) is 66.1 Å². The van der Waals surface area contributed by atoms with E-state index in [-0.39, 0.29) is 0 Å². The summed E-state index contributed by atoms with van der Waals surface area (Å²) in [5.41, 5.74) is 16.0. The fourth-order valence-corrected chi connectivity index (χ4v) is 9.99. The van der Waals surface area contributed by atoms with E-state index < -0.39 is 5.41 Å². The van der Waals surface area contributed by atoms with Gasteiger partial charge in [-0.15, -0.1) is 0 Å². The van der Waals surface area contributed by atoms with Crippen LogP contribution in [-0.2, 0) is 5.41 Å². The van der Waals surface area contributed by atoms with Crippen LogP contribution in [0, 0.1) is 0 Å². The van der Waals surface area contributed by atoms with E-state index in [0.29, 0.717) is 5.71 Å². The van der Waals surface area contributed by atoms with Crippen molar-refractivity contribution in [2.45, 2.75) is 5.41 Å². The predicted molar refractivity (Wildman–Crippen MR) is 223 cm³/mol. The predicted octanol–water partition coefficient (Wildman–Crippen LogP) is 12.6. The molecule has 11 aromatic rings. The van der Waals surface area contributed by atoms with E-state index in [4.69, 9.17) is 14.4 Å². The summed E-state index contributed by atoms with van der Waals surface area (Å²) in [6, 6.07) is 63.7. The van der Waals surface area contributed by atoms with Gasteiger partial charge in [0, 0.05) is 21.7 Å². The lowest BCUT2D eigenvalue weighted by Gasteiger charge is -2.30. The first-order valence-electron chi connectivity index (χ1n) is 18.8. The Morgan fingerprint density at radius 3 is 1.76 bits per heavy atom. The molecule has 4 heteroatoms. The molecule has 0 radical (unpaired) electrons. The number of rotatable bonds is 2. The number of fused-ring (bicyclic) bond motifs is 17. The molecule has 1 spiro atoms. The summed E-state index contributed by atoms with van der Waals surface area (Å²) >= 11 is 0. The van der Waals surface area contributed by atoms with Crippen LogP contribution >= 0.6 is 0 Å². The van der Waals surface area contributed by atoms with Gasteiger partial charge >= 0.3 is 0 Å². The summed E-state index contributed by atoms with van der Waals surface area (Å²) in [6.45, 7) is 0. The highest BCUT2D eigenvalue weighted by Gasteiger charge is 2.51. The minimum Gasteiger partial charge on any atom is -0.436 e. The quantitative estimate of drug-likeness (QED) is 0.180. The first-order chi connectivity index (χ1) is 27.3. The SMILES string of the molecule is c1ccc2c(c1)-c1ccccc1C21c2ccccc2-c2cc(-c3nc4c(nc3-n3c5ccccc5c5cc6ccccc6cc53)oc3ccccc34)ccc21. The van der Waals surface area contributed by atoms with Crippen molar-refractivity contribution in [3.05, 3.63) is 198 Å². The molecular formula is C51H29N3O. The van der Waals surface area contributed by atoms with Crippen LogP contribution in [0.15, 0.2) is 180 Å². The molecular weight excluding hydrogens is 671 g/mol. The molecule has 55 heavy (non-hydrogen) atoms. The molecule has 2 aliphatic carbocycles. The number of benzene rings is 8. The van der Waals surface area contributed by atoms with Crippen LogP contribution in [0.2, 0.25) is 0 Å². The third-order valence-electron chi connectivity index (χ3n) is 12.2. The van der Waals surface area contributed by atoms with Gasteiger partial charge in [0.05, 0.1) is 16.4 Å². The Bertz CT molecular complexity index is 3410. The molecule has 0 unspecified atom stereocenters. The average molecular weight is 700 g/mol. The van der Waals surface area contributed by atoms with Crippen LogP contribution < -0.4 is 0 Å². The molecule has 8 aromatic carbocycles. The topological polar surface area (TPSA) is 43.9 Å². The number of aromatic nitrogens is 3. The van der Waals surface area contributed by atoms with Gasteiger partial charge in [0.25, 0.3) is 0 Å². The first kappa shape index (κ1) is 29.2. The molecule has 0 saturated heterocycles. The molecule has 0 bridgehead atoms. The number of para-hydroxylation sites is 2. The number of nitrogens with zero attached hydrogens (tertiary/aromatic N) is 3. The lowest BCUT2D eigenvalue weighted by Crippen LogP contribution is -2.25. The Labute approximate surface area is 315 Å². The van der Waals surface area contributed by atoms with Gasteiger partial charge in [0.15, 0.2) is 5.82 Å². The lowest BCUT2D eigenvalue weighted by molar-refractivity contribution is 0.652. The zero-order valence-electron chi connectivity index (χ0n) is 29.5. The van der Waals surface area contributed by atoms with Crippen LogP contribution in [0.4, 0.5) is 0 Å². The lowest BCUT2D eigenvalue weighted by atomic mass is 9.70. The van der Waals surface area contributed by atoms with E-state index in [1.807, 2.05) is 18.2 Å².